The number of thiophene rings is 1. The molecule has 0 radical (unpaired) electrons. The van der Waals surface area contributed by atoms with Gasteiger partial charge >= 0.3 is 6.61 Å². The Bertz CT molecular complexity index is 1110. The molecule has 5 nitrogen and oxygen atoms in total. The van der Waals surface area contributed by atoms with Crippen LogP contribution in [0.1, 0.15) is 27.2 Å². The van der Waals surface area contributed by atoms with E-state index < -0.39 is 6.61 Å². The van der Waals surface area contributed by atoms with E-state index in [9.17, 15) is 18.4 Å². The second-order valence-corrected chi connectivity index (χ2v) is 8.44. The molecular weight excluding hydrogens is 406 g/mol. The fourth-order valence-electron chi connectivity index (χ4n) is 3.27. The number of halogens is 2. The van der Waals surface area contributed by atoms with Crippen molar-refractivity contribution in [3.8, 4) is 5.75 Å². The van der Waals surface area contributed by atoms with E-state index in [0.717, 1.165) is 29.7 Å². The summed E-state index contributed by atoms with van der Waals surface area (Å²) in [6, 6.07) is 5.55. The molecule has 9 heteroatoms. The lowest BCUT2D eigenvalue weighted by Crippen LogP contribution is -2.20. The molecule has 0 aliphatic heterocycles. The summed E-state index contributed by atoms with van der Waals surface area (Å²) >= 11 is 2.75. The van der Waals surface area contributed by atoms with Crippen LogP contribution >= 0.6 is 23.1 Å². The monoisotopic (exact) mass is 422 g/mol. The van der Waals surface area contributed by atoms with Crippen LogP contribution < -0.4 is 10.3 Å². The first-order chi connectivity index (χ1) is 13.4. The number of ether oxygens (including phenoxy) is 1. The van der Waals surface area contributed by atoms with E-state index in [2.05, 4.69) is 9.72 Å². The molecule has 0 unspecified atom stereocenters. The standard InChI is InChI=1S/C19H16F2N2O3S2/c1-23-17(25)15-12-3-2-4-14(12)28-16(15)22-19(23)27-9-13(24)10-5-7-11(8-6-10)26-18(20)21/h5-8,18H,2-4,9H2,1H3. The lowest BCUT2D eigenvalue weighted by Gasteiger charge is -2.08. The number of hydrogen-bond donors (Lipinski definition) is 0. The predicted octanol–water partition coefficient (Wildman–Crippen LogP) is 4.06. The number of fused-ring (bicyclic) bond motifs is 3. The summed E-state index contributed by atoms with van der Waals surface area (Å²) in [6.45, 7) is -2.90. The topological polar surface area (TPSA) is 61.2 Å². The second kappa shape index (κ2) is 7.63. The minimum absolute atomic E-state index is 0.000498. The maximum Gasteiger partial charge on any atom is 0.387 e. The molecule has 0 amide bonds. The van der Waals surface area contributed by atoms with Crippen LogP contribution in [0.25, 0.3) is 10.2 Å². The molecule has 146 valence electrons. The number of nitrogens with zero attached hydrogens (tertiary/aromatic N) is 2. The van der Waals surface area contributed by atoms with Crippen molar-refractivity contribution in [2.45, 2.75) is 31.0 Å². The number of carbonyl (C=O) groups excluding carboxylic acids is 1. The number of aromatic nitrogens is 2. The molecule has 1 aromatic carbocycles. The lowest BCUT2D eigenvalue weighted by atomic mass is 10.1. The van der Waals surface area contributed by atoms with Crippen molar-refractivity contribution < 1.29 is 18.3 Å². The Kier molecular flexibility index (Phi) is 5.20. The average molecular weight is 422 g/mol. The highest BCUT2D eigenvalue weighted by molar-refractivity contribution is 7.99. The van der Waals surface area contributed by atoms with Crippen LogP contribution in [0.3, 0.4) is 0 Å². The lowest BCUT2D eigenvalue weighted by molar-refractivity contribution is -0.0498. The Morgan fingerprint density at radius 1 is 1.32 bits per heavy atom. The highest BCUT2D eigenvalue weighted by atomic mass is 32.2. The number of benzene rings is 1. The summed E-state index contributed by atoms with van der Waals surface area (Å²) in [5.74, 6) is -0.0950. The fourth-order valence-corrected chi connectivity index (χ4v) is 5.44. The third kappa shape index (κ3) is 3.56. The van der Waals surface area contributed by atoms with Gasteiger partial charge in [-0.25, -0.2) is 4.98 Å². The molecule has 4 rings (SSSR count). The van der Waals surface area contributed by atoms with Gasteiger partial charge in [-0.1, -0.05) is 11.8 Å². The van der Waals surface area contributed by atoms with Gasteiger partial charge in [0, 0.05) is 17.5 Å². The first-order valence-electron chi connectivity index (χ1n) is 8.66. The van der Waals surface area contributed by atoms with Gasteiger partial charge in [0.15, 0.2) is 10.9 Å². The third-order valence-corrected chi connectivity index (χ3v) is 6.85. The number of carbonyl (C=O) groups is 1. The van der Waals surface area contributed by atoms with Crippen LogP contribution in [-0.2, 0) is 19.9 Å². The Balaban J connectivity index is 1.52. The average Bonchev–Trinajstić information content (AvgIpc) is 3.24. The molecule has 0 bridgehead atoms. The molecule has 1 aliphatic rings. The van der Waals surface area contributed by atoms with Crippen LogP contribution in [0, 0.1) is 0 Å². The van der Waals surface area contributed by atoms with Crippen molar-refractivity contribution in [1.82, 2.24) is 9.55 Å². The van der Waals surface area contributed by atoms with Crippen molar-refractivity contribution in [3.05, 3.63) is 50.6 Å². The molecule has 0 saturated heterocycles. The Labute approximate surface area is 167 Å². The van der Waals surface area contributed by atoms with Crippen molar-refractivity contribution in [3.63, 3.8) is 0 Å². The fraction of sp³-hybridized carbons (Fsp3) is 0.316. The minimum atomic E-state index is -2.90. The molecule has 0 fully saturated rings. The second-order valence-electron chi connectivity index (χ2n) is 6.41. The van der Waals surface area contributed by atoms with Crippen molar-refractivity contribution in [2.24, 2.45) is 7.05 Å². The number of aryl methyl sites for hydroxylation is 2. The van der Waals surface area contributed by atoms with Gasteiger partial charge in [-0.3, -0.25) is 14.2 Å². The third-order valence-electron chi connectivity index (χ3n) is 4.64. The highest BCUT2D eigenvalue weighted by Gasteiger charge is 2.22. The van der Waals surface area contributed by atoms with Crippen LogP contribution in [-0.4, -0.2) is 27.7 Å². The van der Waals surface area contributed by atoms with E-state index in [4.69, 9.17) is 0 Å². The Morgan fingerprint density at radius 2 is 2.07 bits per heavy atom. The number of rotatable bonds is 6. The van der Waals surface area contributed by atoms with Crippen LogP contribution in [0.4, 0.5) is 8.78 Å². The zero-order valence-electron chi connectivity index (χ0n) is 14.9. The molecule has 2 aromatic heterocycles. The summed E-state index contributed by atoms with van der Waals surface area (Å²) in [6.07, 6.45) is 2.99. The predicted molar refractivity (Wildman–Crippen MR) is 105 cm³/mol. The first-order valence-corrected chi connectivity index (χ1v) is 10.5. The number of Topliss-reactive ketones (excluding diaryl/α,β-unsaturated/α-hetero) is 1. The molecular formula is C19H16F2N2O3S2. The molecule has 0 N–H and O–H groups in total. The summed E-state index contributed by atoms with van der Waals surface area (Å²) in [4.78, 5) is 31.7. The molecule has 2 heterocycles. The molecule has 0 spiro atoms. The zero-order valence-corrected chi connectivity index (χ0v) is 16.5. The SMILES string of the molecule is Cn1c(SCC(=O)c2ccc(OC(F)F)cc2)nc2sc3c(c2c1=O)CCC3. The number of thioether (sulfide) groups is 1. The smallest absolute Gasteiger partial charge is 0.387 e. The zero-order chi connectivity index (χ0) is 19.8. The first kappa shape index (κ1) is 19.1. The van der Waals surface area contributed by atoms with Gasteiger partial charge in [0.05, 0.1) is 11.1 Å². The van der Waals surface area contributed by atoms with E-state index in [0.29, 0.717) is 16.1 Å². The van der Waals surface area contributed by atoms with E-state index >= 15 is 0 Å². The summed E-state index contributed by atoms with van der Waals surface area (Å²) in [7, 11) is 1.66. The highest BCUT2D eigenvalue weighted by Crippen LogP contribution is 2.35. The number of hydrogen-bond acceptors (Lipinski definition) is 6. The number of ketones is 1. The van der Waals surface area contributed by atoms with Gasteiger partial charge in [-0.15, -0.1) is 11.3 Å². The number of alkyl halides is 2. The molecule has 3 aromatic rings. The Morgan fingerprint density at radius 3 is 2.79 bits per heavy atom. The van der Waals surface area contributed by atoms with Crippen LogP contribution in [0.2, 0.25) is 0 Å². The van der Waals surface area contributed by atoms with Gasteiger partial charge in [0.1, 0.15) is 10.6 Å². The van der Waals surface area contributed by atoms with Crippen molar-refractivity contribution in [1.29, 1.82) is 0 Å². The summed E-state index contributed by atoms with van der Waals surface area (Å²) in [5.41, 5.74) is 1.44. The summed E-state index contributed by atoms with van der Waals surface area (Å²) < 4.78 is 30.2. The van der Waals surface area contributed by atoms with Gasteiger partial charge in [-0.05, 0) is 49.1 Å². The summed E-state index contributed by atoms with van der Waals surface area (Å²) in [5, 5.41) is 1.20. The normalized spacial score (nSPS) is 13.3. The molecule has 1 aliphatic carbocycles. The van der Waals surface area contributed by atoms with Gasteiger partial charge < -0.3 is 4.74 Å². The maximum atomic E-state index is 12.8. The van der Waals surface area contributed by atoms with Crippen LogP contribution in [0.5, 0.6) is 5.75 Å². The Hall–Kier alpha value is -2.26. The molecule has 28 heavy (non-hydrogen) atoms. The largest absolute Gasteiger partial charge is 0.435 e. The van der Waals surface area contributed by atoms with Gasteiger partial charge in [0.2, 0.25) is 0 Å². The molecule has 0 saturated carbocycles. The van der Waals surface area contributed by atoms with E-state index in [1.807, 2.05) is 0 Å². The van der Waals surface area contributed by atoms with Crippen molar-refractivity contribution >= 4 is 39.1 Å². The quantitative estimate of drug-likeness (QED) is 0.341. The van der Waals surface area contributed by atoms with Crippen LogP contribution in [0.15, 0.2) is 34.2 Å². The van der Waals surface area contributed by atoms with Gasteiger partial charge in [0.25, 0.3) is 5.56 Å². The maximum absolute atomic E-state index is 12.8. The minimum Gasteiger partial charge on any atom is -0.435 e. The molecule has 0 atom stereocenters. The van der Waals surface area contributed by atoms with E-state index in [1.54, 1.807) is 18.4 Å². The van der Waals surface area contributed by atoms with E-state index in [-0.39, 0.29) is 22.8 Å². The van der Waals surface area contributed by atoms with Gasteiger partial charge in [-0.2, -0.15) is 8.78 Å². The van der Waals surface area contributed by atoms with Crippen molar-refractivity contribution in [2.75, 3.05) is 5.75 Å². The van der Waals surface area contributed by atoms with E-state index in [1.165, 1.54) is 45.5 Å².